The van der Waals surface area contributed by atoms with Gasteiger partial charge < -0.3 is 9.84 Å². The number of aromatic hydroxyl groups is 1. The Bertz CT molecular complexity index is 696. The van der Waals surface area contributed by atoms with Crippen molar-refractivity contribution in [1.82, 2.24) is 0 Å². The molecule has 0 unspecified atom stereocenters. The predicted molar refractivity (Wildman–Crippen MR) is 107 cm³/mol. The lowest BCUT2D eigenvalue weighted by Gasteiger charge is -2.46. The van der Waals surface area contributed by atoms with E-state index in [0.29, 0.717) is 11.7 Å². The number of rotatable bonds is 6. The van der Waals surface area contributed by atoms with Gasteiger partial charge in [-0.05, 0) is 70.1 Å². The van der Waals surface area contributed by atoms with Crippen molar-refractivity contribution in [3.05, 3.63) is 34.9 Å². The molecule has 0 spiro atoms. The summed E-state index contributed by atoms with van der Waals surface area (Å²) >= 11 is 0. The normalized spacial score (nSPS) is 26.5. The van der Waals surface area contributed by atoms with Crippen molar-refractivity contribution in [1.29, 1.82) is 0 Å². The van der Waals surface area contributed by atoms with Crippen LogP contribution >= 0.6 is 0 Å². The Morgan fingerprint density at radius 3 is 2.69 bits per heavy atom. The van der Waals surface area contributed by atoms with E-state index in [9.17, 15) is 5.11 Å². The van der Waals surface area contributed by atoms with Crippen molar-refractivity contribution in [3.63, 3.8) is 0 Å². The number of allylic oxidation sites excluding steroid dienone is 2. The van der Waals surface area contributed by atoms with Crippen molar-refractivity contribution in [2.45, 2.75) is 90.1 Å². The summed E-state index contributed by atoms with van der Waals surface area (Å²) in [6, 6.07) is 4.20. The number of hydrogen-bond donors (Lipinski definition) is 1. The molecule has 2 aliphatic carbocycles. The van der Waals surface area contributed by atoms with E-state index >= 15 is 0 Å². The smallest absolute Gasteiger partial charge is 0.127 e. The van der Waals surface area contributed by atoms with E-state index in [-0.39, 0.29) is 11.5 Å². The highest BCUT2D eigenvalue weighted by molar-refractivity contribution is 5.54. The van der Waals surface area contributed by atoms with E-state index < -0.39 is 0 Å². The molecule has 1 saturated carbocycles. The highest BCUT2D eigenvalue weighted by atomic mass is 16.5. The van der Waals surface area contributed by atoms with Crippen molar-refractivity contribution in [2.75, 3.05) is 0 Å². The molecule has 0 aromatic heterocycles. The van der Waals surface area contributed by atoms with Crippen LogP contribution in [0.1, 0.15) is 89.2 Å². The maximum absolute atomic E-state index is 10.8. The van der Waals surface area contributed by atoms with Crippen molar-refractivity contribution < 1.29 is 9.84 Å². The van der Waals surface area contributed by atoms with Crippen molar-refractivity contribution >= 4 is 0 Å². The molecule has 1 aromatic rings. The van der Waals surface area contributed by atoms with Crippen LogP contribution in [-0.2, 0) is 6.42 Å². The average Bonchev–Trinajstić information content (AvgIpc) is 3.37. The molecule has 0 radical (unpaired) electrons. The third-order valence-corrected chi connectivity index (χ3v) is 6.80. The van der Waals surface area contributed by atoms with Gasteiger partial charge in [0.05, 0.1) is 0 Å². The van der Waals surface area contributed by atoms with Crippen LogP contribution in [0.4, 0.5) is 0 Å². The molecule has 26 heavy (non-hydrogen) atoms. The van der Waals surface area contributed by atoms with Gasteiger partial charge in [0.25, 0.3) is 0 Å². The molecule has 2 heteroatoms. The van der Waals surface area contributed by atoms with Crippen LogP contribution in [0.25, 0.3) is 0 Å². The maximum Gasteiger partial charge on any atom is 0.127 e. The highest BCUT2D eigenvalue weighted by Gasteiger charge is 2.45. The fourth-order valence-corrected chi connectivity index (χ4v) is 5.07. The van der Waals surface area contributed by atoms with Gasteiger partial charge in [0.15, 0.2) is 0 Å². The molecule has 142 valence electrons. The Hall–Kier alpha value is -1.44. The Balaban J connectivity index is 1.51. The summed E-state index contributed by atoms with van der Waals surface area (Å²) in [6.45, 7) is 6.64. The summed E-state index contributed by atoms with van der Waals surface area (Å²) in [6.07, 6.45) is 13.9. The first-order valence-corrected chi connectivity index (χ1v) is 10.7. The van der Waals surface area contributed by atoms with Crippen LogP contribution in [-0.4, -0.2) is 10.7 Å². The molecular weight excluding hydrogens is 320 g/mol. The Labute approximate surface area is 158 Å². The summed E-state index contributed by atoms with van der Waals surface area (Å²) in [7, 11) is 0. The Morgan fingerprint density at radius 2 is 1.92 bits per heavy atom. The SMILES string of the molecule is CC1=C[C@H]2c3c(O)cc(CCCCCC4CC4)cc3OC(C)(C)[C@@H]2CC1. The monoisotopic (exact) mass is 354 g/mol. The van der Waals surface area contributed by atoms with Crippen LogP contribution in [0.5, 0.6) is 11.5 Å². The van der Waals surface area contributed by atoms with Crippen molar-refractivity contribution in [3.8, 4) is 11.5 Å². The van der Waals surface area contributed by atoms with Crippen LogP contribution in [0, 0.1) is 11.8 Å². The third kappa shape index (κ3) is 3.66. The lowest BCUT2D eigenvalue weighted by molar-refractivity contribution is 0.0107. The molecule has 0 saturated heterocycles. The van der Waals surface area contributed by atoms with E-state index in [2.05, 4.69) is 32.9 Å². The molecular formula is C24H34O2. The molecule has 2 nitrogen and oxygen atoms in total. The van der Waals surface area contributed by atoms with E-state index in [1.807, 2.05) is 6.07 Å². The number of hydrogen-bond acceptors (Lipinski definition) is 2. The largest absolute Gasteiger partial charge is 0.507 e. The number of benzene rings is 1. The van der Waals surface area contributed by atoms with Gasteiger partial charge in [-0.15, -0.1) is 0 Å². The standard InChI is InChI=1S/C24H34O2/c1-16-9-12-20-19(13-16)23-21(25)14-18(15-22(23)26-24(20,2)3)8-6-4-5-7-17-10-11-17/h13-15,17,19-20,25H,4-12H2,1-3H3/t19-,20-/m1/s1. The first kappa shape index (κ1) is 17.9. The molecule has 1 aliphatic heterocycles. The summed E-state index contributed by atoms with van der Waals surface area (Å²) in [5.41, 5.74) is 3.50. The average molecular weight is 355 g/mol. The zero-order chi connectivity index (χ0) is 18.3. The van der Waals surface area contributed by atoms with Gasteiger partial charge in [-0.2, -0.15) is 0 Å². The number of aryl methyl sites for hydroxylation is 1. The van der Waals surface area contributed by atoms with Gasteiger partial charge in [-0.1, -0.05) is 43.8 Å². The molecule has 0 amide bonds. The van der Waals surface area contributed by atoms with Gasteiger partial charge in [0.1, 0.15) is 17.1 Å². The summed E-state index contributed by atoms with van der Waals surface area (Å²) in [5, 5.41) is 10.8. The number of fused-ring (bicyclic) bond motifs is 3. The topological polar surface area (TPSA) is 29.5 Å². The second-order valence-corrected chi connectivity index (χ2v) is 9.46. The fourth-order valence-electron chi connectivity index (χ4n) is 5.07. The lowest BCUT2D eigenvalue weighted by Crippen LogP contribution is -2.45. The Kier molecular flexibility index (Phi) is 4.79. The van der Waals surface area contributed by atoms with E-state index in [4.69, 9.17) is 4.74 Å². The molecule has 0 bridgehead atoms. The minimum atomic E-state index is -0.176. The van der Waals surface area contributed by atoms with Gasteiger partial charge in [0.2, 0.25) is 0 Å². The molecule has 1 aromatic carbocycles. The number of unbranched alkanes of at least 4 members (excludes halogenated alkanes) is 2. The molecule has 1 fully saturated rings. The van der Waals surface area contributed by atoms with Crippen LogP contribution < -0.4 is 4.74 Å². The predicted octanol–water partition coefficient (Wildman–Crippen LogP) is 6.52. The lowest BCUT2D eigenvalue weighted by atomic mass is 9.68. The number of ether oxygens (including phenoxy) is 1. The molecule has 1 heterocycles. The van der Waals surface area contributed by atoms with Crippen molar-refractivity contribution in [2.24, 2.45) is 11.8 Å². The first-order valence-electron chi connectivity index (χ1n) is 10.7. The van der Waals surface area contributed by atoms with E-state index in [1.165, 1.54) is 49.7 Å². The first-order chi connectivity index (χ1) is 12.4. The highest BCUT2D eigenvalue weighted by Crippen LogP contribution is 2.53. The number of phenolic OH excluding ortho intramolecular Hbond substituents is 1. The quantitative estimate of drug-likeness (QED) is 0.466. The van der Waals surface area contributed by atoms with Gasteiger partial charge in [-0.3, -0.25) is 0 Å². The van der Waals surface area contributed by atoms with Crippen LogP contribution in [0.15, 0.2) is 23.8 Å². The fraction of sp³-hybridized carbons (Fsp3) is 0.667. The summed E-state index contributed by atoms with van der Waals surface area (Å²) < 4.78 is 6.42. The molecule has 3 aliphatic rings. The number of phenols is 1. The Morgan fingerprint density at radius 1 is 1.12 bits per heavy atom. The zero-order valence-corrected chi connectivity index (χ0v) is 16.7. The second-order valence-electron chi connectivity index (χ2n) is 9.46. The van der Waals surface area contributed by atoms with Gasteiger partial charge in [-0.25, -0.2) is 0 Å². The molecule has 2 atom stereocenters. The molecule has 1 N–H and O–H groups in total. The van der Waals surface area contributed by atoms with E-state index in [1.54, 1.807) is 0 Å². The van der Waals surface area contributed by atoms with Crippen LogP contribution in [0.3, 0.4) is 0 Å². The summed E-state index contributed by atoms with van der Waals surface area (Å²) in [5.74, 6) is 3.12. The second kappa shape index (κ2) is 6.94. The zero-order valence-electron chi connectivity index (χ0n) is 16.7. The third-order valence-electron chi connectivity index (χ3n) is 6.80. The minimum absolute atomic E-state index is 0.176. The minimum Gasteiger partial charge on any atom is -0.507 e. The van der Waals surface area contributed by atoms with Gasteiger partial charge in [0, 0.05) is 17.4 Å². The van der Waals surface area contributed by atoms with Crippen LogP contribution in [0.2, 0.25) is 0 Å². The maximum atomic E-state index is 10.8. The van der Waals surface area contributed by atoms with Gasteiger partial charge >= 0.3 is 0 Å². The molecule has 4 rings (SSSR count). The van der Waals surface area contributed by atoms with E-state index in [0.717, 1.165) is 36.5 Å². The summed E-state index contributed by atoms with van der Waals surface area (Å²) in [4.78, 5) is 0.